The molecule has 1 aromatic heterocycles. The van der Waals surface area contributed by atoms with Crippen molar-refractivity contribution in [3.05, 3.63) is 92.9 Å². The number of pyridine rings is 1. The van der Waals surface area contributed by atoms with Crippen molar-refractivity contribution in [2.45, 2.75) is 32.1 Å². The molecule has 1 aliphatic heterocycles. The number of carbonyl (C=O) groups is 2. The fourth-order valence-corrected chi connectivity index (χ4v) is 4.58. The summed E-state index contributed by atoms with van der Waals surface area (Å²) in [5.41, 5.74) is 1.52. The van der Waals surface area contributed by atoms with Gasteiger partial charge in [0, 0.05) is 36.5 Å². The Hall–Kier alpha value is -4.34. The number of ether oxygens (including phenoxy) is 1. The van der Waals surface area contributed by atoms with Gasteiger partial charge in [0.05, 0.1) is 29.7 Å². The van der Waals surface area contributed by atoms with E-state index < -0.39 is 16.6 Å². The van der Waals surface area contributed by atoms with Crippen LogP contribution in [0.25, 0.3) is 0 Å². The number of halogens is 1. The van der Waals surface area contributed by atoms with Crippen molar-refractivity contribution in [3.8, 4) is 5.88 Å². The number of nitro benzene ring substituents is 1. The molecule has 0 aliphatic carbocycles. The number of hydrogen-bond acceptors (Lipinski definition) is 6. The minimum atomic E-state index is -0.819. The van der Waals surface area contributed by atoms with Crippen molar-refractivity contribution in [2.24, 2.45) is 0 Å². The van der Waals surface area contributed by atoms with E-state index in [1.807, 2.05) is 29.2 Å². The minimum absolute atomic E-state index is 0.0254. The minimum Gasteiger partial charge on any atom is -0.481 e. The molecule has 0 unspecified atom stereocenters. The molecule has 0 radical (unpaired) electrons. The molecule has 1 saturated heterocycles. The third-order valence-corrected chi connectivity index (χ3v) is 6.62. The third kappa shape index (κ3) is 5.91. The number of anilines is 1. The topological polar surface area (TPSA) is 115 Å². The summed E-state index contributed by atoms with van der Waals surface area (Å²) in [7, 11) is 1.54. The van der Waals surface area contributed by atoms with Crippen molar-refractivity contribution in [1.29, 1.82) is 0 Å². The molecule has 0 spiro atoms. The van der Waals surface area contributed by atoms with E-state index in [4.69, 9.17) is 4.74 Å². The highest BCUT2D eigenvalue weighted by Gasteiger charge is 2.25. The van der Waals surface area contributed by atoms with Crippen LogP contribution in [0.5, 0.6) is 5.88 Å². The highest BCUT2D eigenvalue weighted by Crippen LogP contribution is 2.30. The molecule has 37 heavy (non-hydrogen) atoms. The molecule has 2 heterocycles. The lowest BCUT2D eigenvalue weighted by Crippen LogP contribution is -2.38. The van der Waals surface area contributed by atoms with Gasteiger partial charge in [-0.05, 0) is 55.5 Å². The number of aromatic nitrogens is 1. The van der Waals surface area contributed by atoms with Crippen molar-refractivity contribution < 1.29 is 23.6 Å². The summed E-state index contributed by atoms with van der Waals surface area (Å²) in [5.74, 6) is -0.792. The molecular formula is C27H27FN4O5. The number of nitrogens with one attached hydrogen (secondary N) is 1. The first-order chi connectivity index (χ1) is 17.8. The molecule has 3 aromatic rings. The van der Waals surface area contributed by atoms with Gasteiger partial charge >= 0.3 is 0 Å². The Balaban J connectivity index is 1.34. The quantitative estimate of drug-likeness (QED) is 0.369. The highest BCUT2D eigenvalue weighted by molar-refractivity contribution is 6.06. The number of likely N-dealkylation sites (tertiary alicyclic amines) is 1. The summed E-state index contributed by atoms with van der Waals surface area (Å²) < 4.78 is 19.4. The zero-order chi connectivity index (χ0) is 26.5. The van der Waals surface area contributed by atoms with Crippen LogP contribution >= 0.6 is 0 Å². The first kappa shape index (κ1) is 25.7. The Morgan fingerprint density at radius 3 is 2.49 bits per heavy atom. The van der Waals surface area contributed by atoms with Gasteiger partial charge in [0.25, 0.3) is 11.6 Å². The molecule has 2 aromatic carbocycles. The van der Waals surface area contributed by atoms with Gasteiger partial charge in [0.2, 0.25) is 11.8 Å². The lowest BCUT2D eigenvalue weighted by molar-refractivity contribution is -0.385. The van der Waals surface area contributed by atoms with Gasteiger partial charge in [-0.2, -0.15) is 0 Å². The van der Waals surface area contributed by atoms with Gasteiger partial charge in [-0.15, -0.1) is 0 Å². The second kappa shape index (κ2) is 11.2. The Morgan fingerprint density at radius 2 is 1.84 bits per heavy atom. The van der Waals surface area contributed by atoms with Crippen molar-refractivity contribution >= 4 is 23.2 Å². The maximum absolute atomic E-state index is 14.3. The smallest absolute Gasteiger partial charge is 0.273 e. The largest absolute Gasteiger partial charge is 0.481 e. The number of methoxy groups -OCH3 is 1. The number of rotatable bonds is 7. The van der Waals surface area contributed by atoms with Crippen molar-refractivity contribution in [2.75, 3.05) is 25.5 Å². The van der Waals surface area contributed by atoms with Gasteiger partial charge in [0.1, 0.15) is 5.82 Å². The summed E-state index contributed by atoms with van der Waals surface area (Å²) in [6.45, 7) is 2.62. The Bertz CT molecular complexity index is 1320. The van der Waals surface area contributed by atoms with E-state index in [0.29, 0.717) is 30.4 Å². The van der Waals surface area contributed by atoms with E-state index in [1.54, 1.807) is 18.2 Å². The SMILES string of the molecule is COc1cccc(CC(=O)N2CCC(c3ccc(NC(=O)c4c(F)ccc([N+](=O)[O-])c4C)cc3)CC2)n1. The number of carbonyl (C=O) groups excluding carboxylic acids is 2. The Kier molecular flexibility index (Phi) is 7.76. The highest BCUT2D eigenvalue weighted by atomic mass is 19.1. The van der Waals surface area contributed by atoms with Crippen LogP contribution in [0.15, 0.2) is 54.6 Å². The van der Waals surface area contributed by atoms with Gasteiger partial charge in [-0.3, -0.25) is 19.7 Å². The van der Waals surface area contributed by atoms with Crippen LogP contribution in [0.2, 0.25) is 0 Å². The van der Waals surface area contributed by atoms with Crippen LogP contribution < -0.4 is 10.1 Å². The maximum atomic E-state index is 14.3. The fraction of sp³-hybridized carbons (Fsp3) is 0.296. The number of piperidine rings is 1. The van der Waals surface area contributed by atoms with E-state index in [9.17, 15) is 24.1 Å². The predicted octanol–water partition coefficient (Wildman–Crippen LogP) is 4.65. The fourth-order valence-electron chi connectivity index (χ4n) is 4.58. The average molecular weight is 507 g/mol. The summed E-state index contributed by atoms with van der Waals surface area (Å²) in [5, 5.41) is 13.8. The summed E-state index contributed by atoms with van der Waals surface area (Å²) in [6, 6.07) is 14.6. The predicted molar refractivity (Wildman–Crippen MR) is 135 cm³/mol. The van der Waals surface area contributed by atoms with Gasteiger partial charge in [0.15, 0.2) is 0 Å². The summed E-state index contributed by atoms with van der Waals surface area (Å²) in [4.78, 5) is 42.0. The second-order valence-electron chi connectivity index (χ2n) is 8.90. The number of amides is 2. The molecule has 9 nitrogen and oxygen atoms in total. The standard InChI is InChI=1S/C27H27FN4O5/c1-17-23(32(35)36)11-10-22(28)26(17)27(34)30-20-8-6-18(7-9-20)19-12-14-31(15-13-19)25(33)16-21-4-3-5-24(29-21)37-2/h3-11,19H,12-16H2,1-2H3,(H,30,34). The Morgan fingerprint density at radius 1 is 1.14 bits per heavy atom. The van der Waals surface area contributed by atoms with E-state index in [2.05, 4.69) is 10.3 Å². The van der Waals surface area contributed by atoms with E-state index in [1.165, 1.54) is 14.0 Å². The van der Waals surface area contributed by atoms with Crippen molar-refractivity contribution in [1.82, 2.24) is 9.88 Å². The van der Waals surface area contributed by atoms with Crippen LogP contribution in [-0.4, -0.2) is 46.8 Å². The number of nitro groups is 1. The summed E-state index contributed by atoms with van der Waals surface area (Å²) in [6.07, 6.45) is 1.84. The molecule has 1 fully saturated rings. The van der Waals surface area contributed by atoms with E-state index in [-0.39, 0.29) is 35.1 Å². The molecular weight excluding hydrogens is 479 g/mol. The van der Waals surface area contributed by atoms with Crippen LogP contribution in [0.4, 0.5) is 15.8 Å². The number of nitrogens with zero attached hydrogens (tertiary/aromatic N) is 3. The van der Waals surface area contributed by atoms with Crippen LogP contribution in [0.1, 0.15) is 45.9 Å². The third-order valence-electron chi connectivity index (χ3n) is 6.62. The lowest BCUT2D eigenvalue weighted by Gasteiger charge is -2.32. The first-order valence-corrected chi connectivity index (χ1v) is 11.9. The van der Waals surface area contributed by atoms with E-state index >= 15 is 0 Å². The second-order valence-corrected chi connectivity index (χ2v) is 8.90. The monoisotopic (exact) mass is 506 g/mol. The maximum Gasteiger partial charge on any atom is 0.273 e. The molecule has 0 bridgehead atoms. The van der Waals surface area contributed by atoms with Gasteiger partial charge < -0.3 is 15.0 Å². The van der Waals surface area contributed by atoms with Gasteiger partial charge in [-0.25, -0.2) is 9.37 Å². The zero-order valence-electron chi connectivity index (χ0n) is 20.6. The summed E-state index contributed by atoms with van der Waals surface area (Å²) >= 11 is 0. The molecule has 1 aliphatic rings. The van der Waals surface area contributed by atoms with Crippen LogP contribution in [0, 0.1) is 22.9 Å². The first-order valence-electron chi connectivity index (χ1n) is 11.9. The molecule has 2 amide bonds. The molecule has 0 saturated carbocycles. The Labute approximate surface area is 213 Å². The van der Waals surface area contributed by atoms with E-state index in [0.717, 1.165) is 30.5 Å². The molecule has 4 rings (SSSR count). The number of hydrogen-bond donors (Lipinski definition) is 1. The van der Waals surface area contributed by atoms with Crippen LogP contribution in [-0.2, 0) is 11.2 Å². The lowest BCUT2D eigenvalue weighted by atomic mass is 9.89. The normalized spacial score (nSPS) is 13.8. The average Bonchev–Trinajstić information content (AvgIpc) is 2.89. The molecule has 1 N–H and O–H groups in total. The number of benzene rings is 2. The zero-order valence-corrected chi connectivity index (χ0v) is 20.6. The van der Waals surface area contributed by atoms with Crippen molar-refractivity contribution in [3.63, 3.8) is 0 Å². The molecule has 10 heteroatoms. The van der Waals surface area contributed by atoms with Crippen LogP contribution in [0.3, 0.4) is 0 Å². The van der Waals surface area contributed by atoms with Gasteiger partial charge in [-0.1, -0.05) is 18.2 Å². The molecule has 0 atom stereocenters. The molecule has 192 valence electrons.